The van der Waals surface area contributed by atoms with Crippen LogP contribution in [-0.2, 0) is 11.8 Å². The zero-order valence-electron chi connectivity index (χ0n) is 23.1. The summed E-state index contributed by atoms with van der Waals surface area (Å²) in [6.07, 6.45) is 3.86. The molecule has 0 atom stereocenters. The van der Waals surface area contributed by atoms with Crippen LogP contribution in [0.3, 0.4) is 0 Å². The lowest BCUT2D eigenvalue weighted by molar-refractivity contribution is 0.0459. The second-order valence-electron chi connectivity index (χ2n) is 9.83. The number of amides is 2. The number of nitrogens with one attached hydrogen (secondary N) is 3. The second kappa shape index (κ2) is 12.6. The van der Waals surface area contributed by atoms with Crippen LogP contribution in [0.1, 0.15) is 40.6 Å². The molecular weight excluding hydrogens is 523 g/mol. The van der Waals surface area contributed by atoms with Gasteiger partial charge in [0.2, 0.25) is 0 Å². The Hall–Kier alpha value is -4.70. The van der Waals surface area contributed by atoms with Crippen LogP contribution < -0.4 is 20.9 Å². The highest BCUT2D eigenvalue weighted by Gasteiger charge is 2.20. The van der Waals surface area contributed by atoms with E-state index in [2.05, 4.69) is 25.9 Å². The fourth-order valence-corrected chi connectivity index (χ4v) is 4.82. The van der Waals surface area contributed by atoms with E-state index in [1.54, 1.807) is 49.5 Å². The van der Waals surface area contributed by atoms with Crippen LogP contribution in [0.2, 0.25) is 0 Å². The SMILES string of the molecule is CCOC1CCN(c2ccc(C(=O)Nc3ccc(Nc4ccc(NC(=O)c5ccnn5C)cc4F)cc3)cc2)CC1. The molecule has 1 aliphatic heterocycles. The van der Waals surface area contributed by atoms with Crippen molar-refractivity contribution in [1.82, 2.24) is 9.78 Å². The molecule has 0 aliphatic carbocycles. The minimum atomic E-state index is -0.521. The van der Waals surface area contributed by atoms with Crippen molar-refractivity contribution in [3.63, 3.8) is 0 Å². The van der Waals surface area contributed by atoms with Crippen molar-refractivity contribution >= 4 is 40.3 Å². The third kappa shape index (κ3) is 6.90. The number of nitrogens with zero attached hydrogens (tertiary/aromatic N) is 3. The number of halogens is 1. The van der Waals surface area contributed by atoms with Crippen molar-refractivity contribution in [2.24, 2.45) is 7.05 Å². The van der Waals surface area contributed by atoms with E-state index >= 15 is 0 Å². The molecule has 0 radical (unpaired) electrons. The van der Waals surface area contributed by atoms with E-state index in [1.807, 2.05) is 31.2 Å². The highest BCUT2D eigenvalue weighted by Crippen LogP contribution is 2.25. The molecule has 1 saturated heterocycles. The average molecular weight is 557 g/mol. The number of ether oxygens (including phenoxy) is 1. The summed E-state index contributed by atoms with van der Waals surface area (Å²) in [4.78, 5) is 27.5. The van der Waals surface area contributed by atoms with Crippen LogP contribution >= 0.6 is 0 Å². The number of hydrogen-bond acceptors (Lipinski definition) is 6. The van der Waals surface area contributed by atoms with Gasteiger partial charge in [-0.3, -0.25) is 14.3 Å². The first-order valence-corrected chi connectivity index (χ1v) is 13.6. The van der Waals surface area contributed by atoms with Crippen LogP contribution in [0, 0.1) is 5.82 Å². The first-order valence-electron chi connectivity index (χ1n) is 13.6. The lowest BCUT2D eigenvalue weighted by Gasteiger charge is -2.33. The van der Waals surface area contributed by atoms with Gasteiger partial charge in [0.05, 0.1) is 11.8 Å². The number of rotatable bonds is 9. The van der Waals surface area contributed by atoms with Crippen molar-refractivity contribution in [2.45, 2.75) is 25.9 Å². The molecule has 1 fully saturated rings. The van der Waals surface area contributed by atoms with Gasteiger partial charge in [0.15, 0.2) is 0 Å². The minimum Gasteiger partial charge on any atom is -0.378 e. The summed E-state index contributed by atoms with van der Waals surface area (Å²) in [7, 11) is 1.66. The molecule has 1 aromatic heterocycles. The van der Waals surface area contributed by atoms with Crippen molar-refractivity contribution < 1.29 is 18.7 Å². The summed E-state index contributed by atoms with van der Waals surface area (Å²) in [5.74, 6) is -1.11. The Balaban J connectivity index is 1.14. The third-order valence-electron chi connectivity index (χ3n) is 7.04. The highest BCUT2D eigenvalue weighted by molar-refractivity contribution is 6.04. The fourth-order valence-electron chi connectivity index (χ4n) is 4.82. The molecular formula is C31H33FN6O3. The maximum absolute atomic E-state index is 14.7. The lowest BCUT2D eigenvalue weighted by atomic mass is 10.1. The number of carbonyl (C=O) groups excluding carboxylic acids is 2. The molecule has 0 saturated carbocycles. The van der Waals surface area contributed by atoms with Gasteiger partial charge >= 0.3 is 0 Å². The first-order chi connectivity index (χ1) is 19.9. The maximum Gasteiger partial charge on any atom is 0.273 e. The predicted molar refractivity (Wildman–Crippen MR) is 159 cm³/mol. The topological polar surface area (TPSA) is 101 Å². The quantitative estimate of drug-likeness (QED) is 0.241. The Morgan fingerprint density at radius 2 is 1.56 bits per heavy atom. The number of aryl methyl sites for hydroxylation is 1. The van der Waals surface area contributed by atoms with Crippen LogP contribution in [0.4, 0.5) is 32.8 Å². The highest BCUT2D eigenvalue weighted by atomic mass is 19.1. The number of aromatic nitrogens is 2. The molecule has 0 unspecified atom stereocenters. The van der Waals surface area contributed by atoms with Crippen LogP contribution in [0.15, 0.2) is 79.0 Å². The summed E-state index contributed by atoms with van der Waals surface area (Å²) < 4.78 is 21.9. The van der Waals surface area contributed by atoms with E-state index in [0.29, 0.717) is 34.4 Å². The van der Waals surface area contributed by atoms with Gasteiger partial charge in [-0.1, -0.05) is 0 Å². The van der Waals surface area contributed by atoms with E-state index in [4.69, 9.17) is 4.74 Å². The summed E-state index contributed by atoms with van der Waals surface area (Å²) in [6.45, 7) is 4.65. The molecule has 41 heavy (non-hydrogen) atoms. The van der Waals surface area contributed by atoms with Gasteiger partial charge in [-0.25, -0.2) is 4.39 Å². The number of carbonyl (C=O) groups is 2. The Morgan fingerprint density at radius 1 is 0.902 bits per heavy atom. The molecule has 5 rings (SSSR count). The van der Waals surface area contributed by atoms with Gasteiger partial charge in [0.1, 0.15) is 11.5 Å². The monoisotopic (exact) mass is 556 g/mol. The normalized spacial score (nSPS) is 13.6. The standard InChI is InChI=1S/C31H33FN6O3/c1-3-41-26-15-18-38(19-16-26)25-11-4-21(5-12-25)30(39)35-23-8-6-22(7-9-23)34-28-13-10-24(20-27(28)32)36-31(40)29-14-17-33-37(29)2/h4-14,17,20,26,34H,3,15-16,18-19H2,1-2H3,(H,35,39)(H,36,40). The van der Waals surface area contributed by atoms with Gasteiger partial charge in [-0.05, 0) is 92.6 Å². The van der Waals surface area contributed by atoms with Gasteiger partial charge < -0.3 is 25.6 Å². The van der Waals surface area contributed by atoms with Crippen LogP contribution in [0.25, 0.3) is 0 Å². The van der Waals surface area contributed by atoms with Crippen LogP contribution in [-0.4, -0.2) is 47.4 Å². The zero-order chi connectivity index (χ0) is 28.8. The Morgan fingerprint density at radius 3 is 2.20 bits per heavy atom. The summed E-state index contributed by atoms with van der Waals surface area (Å²) in [5.41, 5.74) is 3.88. The van der Waals surface area contributed by atoms with Crippen molar-refractivity contribution in [2.75, 3.05) is 40.5 Å². The average Bonchev–Trinajstić information content (AvgIpc) is 3.42. The summed E-state index contributed by atoms with van der Waals surface area (Å²) >= 11 is 0. The minimum absolute atomic E-state index is 0.206. The molecule has 0 bridgehead atoms. The number of hydrogen-bond donors (Lipinski definition) is 3. The smallest absolute Gasteiger partial charge is 0.273 e. The molecule has 4 aromatic rings. The number of benzene rings is 3. The molecule has 1 aliphatic rings. The number of piperidine rings is 1. The second-order valence-corrected chi connectivity index (χ2v) is 9.83. The van der Waals surface area contributed by atoms with Gasteiger partial charge in [0, 0.05) is 61.3 Å². The van der Waals surface area contributed by atoms with Crippen molar-refractivity contribution in [3.05, 3.63) is 96.1 Å². The van der Waals surface area contributed by atoms with Crippen LogP contribution in [0.5, 0.6) is 0 Å². The van der Waals surface area contributed by atoms with Gasteiger partial charge in [0.25, 0.3) is 11.8 Å². The summed E-state index contributed by atoms with van der Waals surface area (Å²) in [6, 6.07) is 20.6. The van der Waals surface area contributed by atoms with Crippen molar-refractivity contribution in [3.8, 4) is 0 Å². The molecule has 2 amide bonds. The Bertz CT molecular complexity index is 1500. The van der Waals surface area contributed by atoms with E-state index in [1.165, 1.54) is 16.9 Å². The lowest BCUT2D eigenvalue weighted by Crippen LogP contribution is -2.37. The van der Waals surface area contributed by atoms with Crippen molar-refractivity contribution in [1.29, 1.82) is 0 Å². The Kier molecular flexibility index (Phi) is 8.59. The largest absolute Gasteiger partial charge is 0.378 e. The maximum atomic E-state index is 14.7. The molecule has 3 aromatic carbocycles. The van der Waals surface area contributed by atoms with Gasteiger partial charge in [-0.15, -0.1) is 0 Å². The summed E-state index contributed by atoms with van der Waals surface area (Å²) in [5, 5.41) is 12.6. The van der Waals surface area contributed by atoms with E-state index in [0.717, 1.165) is 38.2 Å². The first kappa shape index (κ1) is 27.9. The number of anilines is 5. The molecule has 9 nitrogen and oxygen atoms in total. The Labute approximate surface area is 238 Å². The molecule has 212 valence electrons. The predicted octanol–water partition coefficient (Wildman–Crippen LogP) is 5.81. The van der Waals surface area contributed by atoms with E-state index in [9.17, 15) is 14.0 Å². The molecule has 3 N–H and O–H groups in total. The van der Waals surface area contributed by atoms with E-state index < -0.39 is 5.82 Å². The third-order valence-corrected chi connectivity index (χ3v) is 7.04. The molecule has 0 spiro atoms. The molecule has 2 heterocycles. The van der Waals surface area contributed by atoms with E-state index in [-0.39, 0.29) is 17.5 Å². The zero-order valence-corrected chi connectivity index (χ0v) is 23.1. The fraction of sp³-hybridized carbons (Fsp3) is 0.258. The van der Waals surface area contributed by atoms with Gasteiger partial charge in [-0.2, -0.15) is 5.10 Å². The molecule has 10 heteroatoms.